The smallest absolute Gasteiger partial charge is 0.240 e. The Morgan fingerprint density at radius 1 is 0.704 bits per heavy atom. The topological polar surface area (TPSA) is 82.9 Å². The molecule has 2 aromatic carbocycles. The molecule has 0 fully saturated rings. The Morgan fingerprint density at radius 3 is 1.52 bits per heavy atom. The van der Waals surface area contributed by atoms with Crippen LogP contribution in [-0.2, 0) is 22.4 Å². The van der Waals surface area contributed by atoms with Crippen LogP contribution in [0, 0.1) is 0 Å². The van der Waals surface area contributed by atoms with Gasteiger partial charge in [0.2, 0.25) is 11.8 Å². The molecule has 0 radical (unpaired) electrons. The molecule has 6 nitrogen and oxygen atoms in total. The number of hydrogen-bond donors (Lipinski definition) is 2. The van der Waals surface area contributed by atoms with E-state index in [-0.39, 0.29) is 24.7 Å². The maximum absolute atomic E-state index is 11.7. The average molecular weight is 364 g/mol. The van der Waals surface area contributed by atoms with E-state index in [0.717, 1.165) is 11.1 Å². The van der Waals surface area contributed by atoms with Gasteiger partial charge in [-0.05, 0) is 17.5 Å². The van der Waals surface area contributed by atoms with Gasteiger partial charge in [-0.1, -0.05) is 60.7 Å². The molecule has 140 valence electrons. The summed E-state index contributed by atoms with van der Waals surface area (Å²) in [7, 11) is 0. The lowest BCUT2D eigenvalue weighted by atomic mass is 10.2. The van der Waals surface area contributed by atoms with Crippen molar-refractivity contribution in [1.29, 1.82) is 0 Å². The molecule has 27 heavy (non-hydrogen) atoms. The molecule has 0 saturated heterocycles. The minimum atomic E-state index is -0.209. The maximum atomic E-state index is 11.7. The molecule has 0 heterocycles. The number of amides is 2. The molecule has 0 saturated carbocycles. The first-order chi connectivity index (χ1) is 13.2. The average Bonchev–Trinajstić information content (AvgIpc) is 2.70. The van der Waals surface area contributed by atoms with E-state index in [4.69, 9.17) is 0 Å². The van der Waals surface area contributed by atoms with Crippen molar-refractivity contribution in [3.05, 3.63) is 71.8 Å². The first kappa shape index (κ1) is 20.0. The highest BCUT2D eigenvalue weighted by Crippen LogP contribution is 1.99. The number of nitrogens with zero attached hydrogens (tertiary/aromatic N) is 2. The van der Waals surface area contributed by atoms with Crippen LogP contribution in [0.3, 0.4) is 0 Å². The van der Waals surface area contributed by atoms with Gasteiger partial charge in [-0.25, -0.2) is 10.9 Å². The molecule has 0 unspecified atom stereocenters. The van der Waals surface area contributed by atoms with Crippen LogP contribution in [-0.4, -0.2) is 24.2 Å². The van der Waals surface area contributed by atoms with E-state index < -0.39 is 0 Å². The van der Waals surface area contributed by atoms with Crippen LogP contribution in [0.25, 0.3) is 0 Å². The molecule has 2 N–H and O–H groups in total. The number of rotatable bonds is 10. The lowest BCUT2D eigenvalue weighted by molar-refractivity contribution is -0.122. The Kier molecular flexibility index (Phi) is 9.01. The molecule has 0 aliphatic rings. The van der Waals surface area contributed by atoms with E-state index >= 15 is 0 Å². The number of carbonyl (C=O) groups excluding carboxylic acids is 2. The number of carbonyl (C=O) groups is 2. The molecule has 0 atom stereocenters. The molecule has 2 aromatic rings. The van der Waals surface area contributed by atoms with Gasteiger partial charge < -0.3 is 0 Å². The second-order valence-corrected chi connectivity index (χ2v) is 5.93. The van der Waals surface area contributed by atoms with Gasteiger partial charge in [-0.2, -0.15) is 10.2 Å². The highest BCUT2D eigenvalue weighted by molar-refractivity contribution is 5.79. The quantitative estimate of drug-likeness (QED) is 0.502. The first-order valence-electron chi connectivity index (χ1n) is 8.92. The van der Waals surface area contributed by atoms with E-state index in [9.17, 15) is 9.59 Å². The van der Waals surface area contributed by atoms with Crippen molar-refractivity contribution in [1.82, 2.24) is 10.9 Å². The first-order valence-corrected chi connectivity index (χ1v) is 8.92. The van der Waals surface area contributed by atoms with Crippen molar-refractivity contribution in [2.24, 2.45) is 10.2 Å². The Labute approximate surface area is 159 Å². The fourth-order valence-corrected chi connectivity index (χ4v) is 2.29. The normalized spacial score (nSPS) is 11.0. The van der Waals surface area contributed by atoms with Gasteiger partial charge in [-0.15, -0.1) is 0 Å². The van der Waals surface area contributed by atoms with Gasteiger partial charge in [0.25, 0.3) is 0 Å². The van der Waals surface area contributed by atoms with Crippen LogP contribution in [0.2, 0.25) is 0 Å². The second kappa shape index (κ2) is 12.1. The Morgan fingerprint density at radius 2 is 1.11 bits per heavy atom. The Hall–Kier alpha value is -3.28. The monoisotopic (exact) mass is 364 g/mol. The van der Waals surface area contributed by atoms with Crippen molar-refractivity contribution in [3.8, 4) is 0 Å². The second-order valence-electron chi connectivity index (χ2n) is 5.93. The number of benzene rings is 2. The van der Waals surface area contributed by atoms with Crippen molar-refractivity contribution in [2.45, 2.75) is 32.1 Å². The highest BCUT2D eigenvalue weighted by Gasteiger charge is 2.03. The zero-order valence-electron chi connectivity index (χ0n) is 15.2. The summed E-state index contributed by atoms with van der Waals surface area (Å²) in [4.78, 5) is 23.3. The molecule has 2 rings (SSSR count). The third kappa shape index (κ3) is 9.11. The van der Waals surface area contributed by atoms with Crippen LogP contribution < -0.4 is 10.9 Å². The predicted octanol–water partition coefficient (Wildman–Crippen LogP) is 2.85. The van der Waals surface area contributed by atoms with Gasteiger partial charge in [0.1, 0.15) is 0 Å². The fraction of sp³-hybridized carbons (Fsp3) is 0.238. The van der Waals surface area contributed by atoms with E-state index in [2.05, 4.69) is 21.1 Å². The Balaban J connectivity index is 1.53. The predicted molar refractivity (Wildman–Crippen MR) is 107 cm³/mol. The zero-order chi connectivity index (χ0) is 19.2. The molecule has 2 amide bonds. The molecule has 0 aliphatic heterocycles. The number of nitrogens with one attached hydrogen (secondary N) is 2. The summed E-state index contributed by atoms with van der Waals surface area (Å²) < 4.78 is 0. The van der Waals surface area contributed by atoms with Crippen LogP contribution >= 0.6 is 0 Å². The summed E-state index contributed by atoms with van der Waals surface area (Å²) in [5.74, 6) is -0.417. The van der Waals surface area contributed by atoms with Crippen molar-refractivity contribution in [2.75, 3.05) is 0 Å². The third-order valence-electron chi connectivity index (χ3n) is 3.71. The molecule has 0 spiro atoms. The van der Waals surface area contributed by atoms with Crippen molar-refractivity contribution >= 4 is 24.2 Å². The van der Waals surface area contributed by atoms with E-state index in [1.165, 1.54) is 0 Å². The molecule has 0 aromatic heterocycles. The lowest BCUT2D eigenvalue weighted by Crippen LogP contribution is -2.20. The van der Waals surface area contributed by atoms with Gasteiger partial charge in [-0.3, -0.25) is 9.59 Å². The summed E-state index contributed by atoms with van der Waals surface area (Å²) in [6.07, 6.45) is 5.55. The number of hydrogen-bond acceptors (Lipinski definition) is 4. The minimum absolute atomic E-state index is 0.209. The largest absolute Gasteiger partial charge is 0.273 e. The van der Waals surface area contributed by atoms with Crippen LogP contribution in [0.4, 0.5) is 0 Å². The molecule has 0 bridgehead atoms. The minimum Gasteiger partial charge on any atom is -0.273 e. The van der Waals surface area contributed by atoms with E-state index in [1.54, 1.807) is 12.4 Å². The summed E-state index contributed by atoms with van der Waals surface area (Å²) in [5.41, 5.74) is 7.18. The Bertz CT molecular complexity index is 693. The fourth-order valence-electron chi connectivity index (χ4n) is 2.29. The van der Waals surface area contributed by atoms with Crippen LogP contribution in [0.5, 0.6) is 0 Å². The summed E-state index contributed by atoms with van der Waals surface area (Å²) in [5, 5.41) is 7.81. The summed E-state index contributed by atoms with van der Waals surface area (Å²) in [6.45, 7) is 0. The summed E-state index contributed by atoms with van der Waals surface area (Å²) in [6, 6.07) is 19.7. The van der Waals surface area contributed by atoms with E-state index in [1.807, 2.05) is 60.7 Å². The summed E-state index contributed by atoms with van der Waals surface area (Å²) >= 11 is 0. The zero-order valence-corrected chi connectivity index (χ0v) is 15.2. The van der Waals surface area contributed by atoms with Gasteiger partial charge in [0, 0.05) is 38.1 Å². The van der Waals surface area contributed by atoms with Gasteiger partial charge in [0.15, 0.2) is 0 Å². The maximum Gasteiger partial charge on any atom is 0.240 e. The standard InChI is InChI=1S/C21H24N4O2/c26-20(24-22-16-14-18-8-3-1-4-9-18)12-7-13-21(27)25-23-17-15-19-10-5-2-6-11-19/h1-6,8-11,16-17H,7,12-15H2,(H,24,26)(H,25,27)/b22-16+,23-17+. The van der Waals surface area contributed by atoms with Crippen molar-refractivity contribution < 1.29 is 9.59 Å². The van der Waals surface area contributed by atoms with Gasteiger partial charge in [0.05, 0.1) is 0 Å². The molecule has 6 heteroatoms. The highest BCUT2D eigenvalue weighted by atomic mass is 16.2. The molecular formula is C21H24N4O2. The third-order valence-corrected chi connectivity index (χ3v) is 3.71. The molecular weight excluding hydrogens is 340 g/mol. The van der Waals surface area contributed by atoms with Crippen molar-refractivity contribution in [3.63, 3.8) is 0 Å². The van der Waals surface area contributed by atoms with E-state index in [0.29, 0.717) is 19.3 Å². The van der Waals surface area contributed by atoms with Crippen LogP contribution in [0.1, 0.15) is 30.4 Å². The van der Waals surface area contributed by atoms with Crippen LogP contribution in [0.15, 0.2) is 70.9 Å². The SMILES string of the molecule is O=C(CCCC(=O)N/N=C/Cc1ccccc1)N/N=C/Cc1ccccc1. The number of hydrazone groups is 2. The lowest BCUT2D eigenvalue weighted by Gasteiger charge is -2.01. The van der Waals surface area contributed by atoms with Gasteiger partial charge >= 0.3 is 0 Å². The molecule has 0 aliphatic carbocycles.